The molecule has 0 atom stereocenters. The summed E-state index contributed by atoms with van der Waals surface area (Å²) in [7, 11) is 0. The lowest BCUT2D eigenvalue weighted by atomic mass is 9.60. The Bertz CT molecular complexity index is 605. The van der Waals surface area contributed by atoms with Crippen LogP contribution in [0, 0.1) is 5.41 Å². The number of pyridine rings is 1. The molecule has 1 saturated heterocycles. The average Bonchev–Trinajstić information content (AvgIpc) is 2.58. The first-order valence-electron chi connectivity index (χ1n) is 8.56. The molecule has 1 spiro atoms. The number of aromatic nitrogens is 1. The maximum atomic E-state index is 11.5. The van der Waals surface area contributed by atoms with Gasteiger partial charge in [-0.3, -0.25) is 19.9 Å². The van der Waals surface area contributed by atoms with E-state index in [4.69, 9.17) is 5.21 Å². The zero-order valence-corrected chi connectivity index (χ0v) is 13.3. The summed E-state index contributed by atoms with van der Waals surface area (Å²) in [6.45, 7) is 4.27. The van der Waals surface area contributed by atoms with Gasteiger partial charge in [-0.25, -0.2) is 5.48 Å². The van der Waals surface area contributed by atoms with Crippen molar-refractivity contribution < 1.29 is 10.0 Å². The lowest BCUT2D eigenvalue weighted by molar-refractivity contribution is -0.0268. The van der Waals surface area contributed by atoms with Gasteiger partial charge < -0.3 is 5.32 Å². The number of nitrogens with zero attached hydrogens (tertiary/aromatic N) is 2. The first-order valence-corrected chi connectivity index (χ1v) is 8.56. The molecule has 0 bridgehead atoms. The van der Waals surface area contributed by atoms with E-state index in [0.717, 1.165) is 30.8 Å². The van der Waals surface area contributed by atoms with Gasteiger partial charge in [0.05, 0.1) is 11.3 Å². The lowest BCUT2D eigenvalue weighted by Crippen LogP contribution is -2.55. The highest BCUT2D eigenvalue weighted by atomic mass is 16.5. The van der Waals surface area contributed by atoms with Crippen molar-refractivity contribution in [3.05, 3.63) is 29.1 Å². The van der Waals surface area contributed by atoms with Crippen molar-refractivity contribution in [1.29, 1.82) is 0 Å². The molecular formula is C17H24N4O2. The minimum absolute atomic E-state index is 0.428. The van der Waals surface area contributed by atoms with Crippen molar-refractivity contribution in [2.45, 2.75) is 44.7 Å². The fourth-order valence-electron chi connectivity index (χ4n) is 4.50. The Balaban J connectivity index is 1.41. The highest BCUT2D eigenvalue weighted by Gasteiger charge is 2.46. The molecule has 3 aliphatic rings. The van der Waals surface area contributed by atoms with Gasteiger partial charge in [-0.2, -0.15) is 0 Å². The van der Waals surface area contributed by atoms with Gasteiger partial charge in [0.1, 0.15) is 0 Å². The van der Waals surface area contributed by atoms with Crippen LogP contribution in [0.5, 0.6) is 0 Å². The molecule has 1 aromatic rings. The molecule has 2 fully saturated rings. The normalized spacial score (nSPS) is 24.0. The molecule has 124 valence electrons. The number of carbonyl (C=O) groups excluding carboxylic acids is 1. The molecule has 1 amide bonds. The third kappa shape index (κ3) is 2.75. The van der Waals surface area contributed by atoms with Crippen LogP contribution < -0.4 is 10.8 Å². The zero-order chi connectivity index (χ0) is 15.9. The van der Waals surface area contributed by atoms with Crippen molar-refractivity contribution in [3.8, 4) is 0 Å². The van der Waals surface area contributed by atoms with Crippen molar-refractivity contribution >= 4 is 5.91 Å². The van der Waals surface area contributed by atoms with Crippen molar-refractivity contribution in [3.63, 3.8) is 0 Å². The predicted octanol–water partition coefficient (Wildman–Crippen LogP) is 1.09. The molecule has 1 aromatic heterocycles. The fraction of sp³-hybridized carbons (Fsp3) is 0.647. The van der Waals surface area contributed by atoms with Crippen molar-refractivity contribution in [1.82, 2.24) is 20.7 Å². The number of hydrogen-bond acceptors (Lipinski definition) is 5. The topological polar surface area (TPSA) is 77.5 Å². The highest BCUT2D eigenvalue weighted by molar-refractivity contribution is 5.93. The number of hydroxylamine groups is 1. The van der Waals surface area contributed by atoms with Crippen molar-refractivity contribution in [2.24, 2.45) is 5.41 Å². The smallest absolute Gasteiger partial charge is 0.276 e. The van der Waals surface area contributed by atoms with E-state index in [2.05, 4.69) is 15.2 Å². The second kappa shape index (κ2) is 5.85. The fourth-order valence-corrected chi connectivity index (χ4v) is 4.50. The molecule has 0 unspecified atom stereocenters. The first-order chi connectivity index (χ1) is 11.2. The van der Waals surface area contributed by atoms with Gasteiger partial charge in [0.25, 0.3) is 5.91 Å². The average molecular weight is 316 g/mol. The molecule has 0 aromatic carbocycles. The van der Waals surface area contributed by atoms with Gasteiger partial charge >= 0.3 is 0 Å². The second-order valence-corrected chi connectivity index (χ2v) is 7.30. The molecule has 0 radical (unpaired) electrons. The monoisotopic (exact) mass is 316 g/mol. The van der Waals surface area contributed by atoms with Crippen LogP contribution in [0.3, 0.4) is 0 Å². The van der Waals surface area contributed by atoms with E-state index >= 15 is 0 Å². The minimum Gasteiger partial charge on any atom is -0.317 e. The summed E-state index contributed by atoms with van der Waals surface area (Å²) in [5.74, 6) is -0.491. The van der Waals surface area contributed by atoms with Crippen LogP contribution in [0.25, 0.3) is 0 Å². The van der Waals surface area contributed by atoms with Crippen LogP contribution in [-0.2, 0) is 13.0 Å². The van der Waals surface area contributed by atoms with Crippen LogP contribution in [-0.4, -0.2) is 46.7 Å². The van der Waals surface area contributed by atoms with Crippen LogP contribution in [0.4, 0.5) is 0 Å². The predicted molar refractivity (Wildman–Crippen MR) is 85.2 cm³/mol. The van der Waals surface area contributed by atoms with Gasteiger partial charge in [0.15, 0.2) is 0 Å². The van der Waals surface area contributed by atoms with E-state index in [1.165, 1.54) is 38.8 Å². The maximum Gasteiger partial charge on any atom is 0.276 e. The number of fused-ring (bicyclic) bond motifs is 1. The second-order valence-electron chi connectivity index (χ2n) is 7.30. The van der Waals surface area contributed by atoms with Gasteiger partial charge in [0, 0.05) is 25.3 Å². The van der Waals surface area contributed by atoms with E-state index in [-0.39, 0.29) is 0 Å². The zero-order valence-electron chi connectivity index (χ0n) is 13.3. The van der Waals surface area contributed by atoms with Crippen LogP contribution in [0.2, 0.25) is 0 Å². The Hall–Kier alpha value is -1.50. The lowest BCUT2D eigenvalue weighted by Gasteiger charge is -2.54. The molecular weight excluding hydrogens is 292 g/mol. The van der Waals surface area contributed by atoms with E-state index < -0.39 is 5.91 Å². The number of hydrogen-bond donors (Lipinski definition) is 3. The van der Waals surface area contributed by atoms with Gasteiger partial charge in [-0.05, 0) is 62.2 Å². The summed E-state index contributed by atoms with van der Waals surface area (Å²) in [6, 6.07) is 2.56. The van der Waals surface area contributed by atoms with E-state index in [0.29, 0.717) is 17.0 Å². The number of rotatable bonds is 2. The van der Waals surface area contributed by atoms with Crippen LogP contribution in [0.15, 0.2) is 12.3 Å². The molecule has 4 rings (SSSR count). The molecule has 3 heterocycles. The van der Waals surface area contributed by atoms with Crippen LogP contribution >= 0.6 is 0 Å². The molecule has 23 heavy (non-hydrogen) atoms. The quantitative estimate of drug-likeness (QED) is 0.562. The summed E-state index contributed by atoms with van der Waals surface area (Å²) in [4.78, 5) is 18.5. The SMILES string of the molecule is O=C(NO)c1cnc2c(c1)CCN(C1CC3(CCNCC3)C1)C2. The third-order valence-electron chi connectivity index (χ3n) is 5.96. The third-order valence-corrected chi connectivity index (χ3v) is 5.96. The summed E-state index contributed by atoms with van der Waals surface area (Å²) < 4.78 is 0. The molecule has 3 N–H and O–H groups in total. The van der Waals surface area contributed by atoms with E-state index in [1.54, 1.807) is 11.7 Å². The maximum absolute atomic E-state index is 11.5. The van der Waals surface area contributed by atoms with Crippen molar-refractivity contribution in [2.75, 3.05) is 19.6 Å². The molecule has 1 aliphatic carbocycles. The van der Waals surface area contributed by atoms with Gasteiger partial charge in [0.2, 0.25) is 0 Å². The Labute approximate surface area is 136 Å². The standard InChI is InChI=1S/C17H24N4O2/c22-16(20-23)13-7-12-1-6-21(11-15(12)19-10-13)14-8-17(9-14)2-4-18-5-3-17/h7,10,14,18,23H,1-6,8-9,11H2,(H,20,22). The highest BCUT2D eigenvalue weighted by Crippen LogP contribution is 2.50. The van der Waals surface area contributed by atoms with E-state index in [1.807, 2.05) is 6.07 Å². The molecule has 6 heteroatoms. The Morgan fingerprint density at radius 2 is 2.17 bits per heavy atom. The minimum atomic E-state index is -0.491. The Kier molecular flexibility index (Phi) is 3.83. The first kappa shape index (κ1) is 15.1. The van der Waals surface area contributed by atoms with Crippen LogP contribution in [0.1, 0.15) is 47.3 Å². The summed E-state index contributed by atoms with van der Waals surface area (Å²) in [5.41, 5.74) is 4.92. The van der Waals surface area contributed by atoms with E-state index in [9.17, 15) is 4.79 Å². The largest absolute Gasteiger partial charge is 0.317 e. The number of nitrogens with one attached hydrogen (secondary N) is 2. The molecule has 1 saturated carbocycles. The Morgan fingerprint density at radius 1 is 1.39 bits per heavy atom. The Morgan fingerprint density at radius 3 is 2.91 bits per heavy atom. The molecule has 2 aliphatic heterocycles. The van der Waals surface area contributed by atoms with Gasteiger partial charge in [-0.1, -0.05) is 0 Å². The molecule has 6 nitrogen and oxygen atoms in total. The number of carbonyl (C=O) groups is 1. The summed E-state index contributed by atoms with van der Waals surface area (Å²) in [5, 5.41) is 12.2. The van der Waals surface area contributed by atoms with Gasteiger partial charge in [-0.15, -0.1) is 0 Å². The number of amides is 1. The number of piperidine rings is 1. The summed E-state index contributed by atoms with van der Waals surface area (Å²) in [6.07, 6.45) is 7.80. The summed E-state index contributed by atoms with van der Waals surface area (Å²) >= 11 is 0.